The highest BCUT2D eigenvalue weighted by atomic mass is 16.5. The van der Waals surface area contributed by atoms with Crippen molar-refractivity contribution in [2.45, 2.75) is 44.8 Å². The summed E-state index contributed by atoms with van der Waals surface area (Å²) in [6.07, 6.45) is 2.50. The Morgan fingerprint density at radius 2 is 2.06 bits per heavy atom. The lowest BCUT2D eigenvalue weighted by molar-refractivity contribution is 0.0139. The molecule has 1 aliphatic heterocycles. The van der Waals surface area contributed by atoms with E-state index >= 15 is 0 Å². The molecule has 1 fully saturated rings. The molecular formula is C12H28N2O3. The highest BCUT2D eigenvalue weighted by Gasteiger charge is 2.18. The number of aliphatic hydroxyl groups is 2. The van der Waals surface area contributed by atoms with Crippen molar-refractivity contribution < 1.29 is 14.9 Å². The number of hydrogen-bond acceptors (Lipinski definition) is 5. The maximum atomic E-state index is 9.31. The summed E-state index contributed by atoms with van der Waals surface area (Å²) in [5.41, 5.74) is 4.68. The van der Waals surface area contributed by atoms with Gasteiger partial charge in [0.15, 0.2) is 0 Å². The Bertz CT molecular complexity index is 158. The van der Waals surface area contributed by atoms with Gasteiger partial charge in [-0.05, 0) is 19.3 Å². The molecule has 0 bridgehead atoms. The van der Waals surface area contributed by atoms with Crippen LogP contribution in [0.1, 0.15) is 33.1 Å². The van der Waals surface area contributed by atoms with Crippen LogP contribution in [0, 0.1) is 0 Å². The maximum Gasteiger partial charge on any atom is 0.0764 e. The first-order chi connectivity index (χ1) is 8.11. The SMILES string of the molecule is CCC(O)(CC)CN.OCCC1CNCCO1. The fourth-order valence-corrected chi connectivity index (χ4v) is 1.49. The standard InChI is InChI=1S/C6H13NO2.C6H15NO/c8-3-1-6-5-7-2-4-9-6;1-3-6(8,4-2)5-7/h6-8H,1-5H2;8H,3-5,7H2,1-2H3. The van der Waals surface area contributed by atoms with E-state index in [4.69, 9.17) is 15.6 Å². The lowest BCUT2D eigenvalue weighted by Crippen LogP contribution is -2.38. The van der Waals surface area contributed by atoms with Crippen molar-refractivity contribution in [3.8, 4) is 0 Å². The van der Waals surface area contributed by atoms with E-state index in [1.54, 1.807) is 0 Å². The highest BCUT2D eigenvalue weighted by molar-refractivity contribution is 4.74. The van der Waals surface area contributed by atoms with Gasteiger partial charge in [0.25, 0.3) is 0 Å². The van der Waals surface area contributed by atoms with Gasteiger partial charge >= 0.3 is 0 Å². The molecule has 5 nitrogen and oxygen atoms in total. The van der Waals surface area contributed by atoms with Crippen molar-refractivity contribution in [2.24, 2.45) is 5.73 Å². The van der Waals surface area contributed by atoms with Gasteiger partial charge in [0.05, 0.1) is 18.3 Å². The predicted octanol–water partition coefficient (Wildman–Crippen LogP) is -0.147. The van der Waals surface area contributed by atoms with Crippen molar-refractivity contribution in [2.75, 3.05) is 32.8 Å². The Labute approximate surface area is 104 Å². The highest BCUT2D eigenvalue weighted by Crippen LogP contribution is 2.10. The lowest BCUT2D eigenvalue weighted by atomic mass is 9.98. The van der Waals surface area contributed by atoms with Crippen LogP contribution in [0.25, 0.3) is 0 Å². The van der Waals surface area contributed by atoms with E-state index < -0.39 is 5.60 Å². The topological polar surface area (TPSA) is 87.7 Å². The van der Waals surface area contributed by atoms with E-state index in [1.807, 2.05) is 13.8 Å². The van der Waals surface area contributed by atoms with Crippen LogP contribution in [0.5, 0.6) is 0 Å². The van der Waals surface area contributed by atoms with Crippen LogP contribution < -0.4 is 11.1 Å². The zero-order valence-electron chi connectivity index (χ0n) is 11.1. The molecule has 1 unspecified atom stereocenters. The molecule has 17 heavy (non-hydrogen) atoms. The minimum absolute atomic E-state index is 0.229. The summed E-state index contributed by atoms with van der Waals surface area (Å²) in [5.74, 6) is 0. The van der Waals surface area contributed by atoms with Crippen LogP contribution >= 0.6 is 0 Å². The molecule has 5 N–H and O–H groups in total. The van der Waals surface area contributed by atoms with E-state index in [1.165, 1.54) is 0 Å². The number of morpholine rings is 1. The summed E-state index contributed by atoms with van der Waals surface area (Å²) in [7, 11) is 0. The summed E-state index contributed by atoms with van der Waals surface area (Å²) in [6.45, 7) is 7.10. The van der Waals surface area contributed by atoms with Gasteiger partial charge in [0.1, 0.15) is 0 Å². The summed E-state index contributed by atoms with van der Waals surface area (Å²) >= 11 is 0. The summed E-state index contributed by atoms with van der Waals surface area (Å²) in [4.78, 5) is 0. The molecule has 1 atom stereocenters. The van der Waals surface area contributed by atoms with Crippen LogP contribution in [0.2, 0.25) is 0 Å². The third-order valence-electron chi connectivity index (χ3n) is 3.15. The van der Waals surface area contributed by atoms with Gasteiger partial charge in [0, 0.05) is 26.2 Å². The number of aliphatic hydroxyl groups excluding tert-OH is 1. The second kappa shape index (κ2) is 9.79. The minimum atomic E-state index is -0.597. The first-order valence-electron chi connectivity index (χ1n) is 6.47. The number of rotatable bonds is 5. The van der Waals surface area contributed by atoms with E-state index in [2.05, 4.69) is 5.32 Å². The quantitative estimate of drug-likeness (QED) is 0.544. The zero-order valence-corrected chi connectivity index (χ0v) is 11.1. The molecule has 1 aliphatic rings. The largest absolute Gasteiger partial charge is 0.396 e. The van der Waals surface area contributed by atoms with Crippen molar-refractivity contribution in [1.29, 1.82) is 0 Å². The minimum Gasteiger partial charge on any atom is -0.396 e. The molecule has 1 saturated heterocycles. The average molecular weight is 248 g/mol. The smallest absolute Gasteiger partial charge is 0.0764 e. The van der Waals surface area contributed by atoms with Crippen molar-refractivity contribution in [3.05, 3.63) is 0 Å². The Kier molecular flexibility index (Phi) is 9.68. The van der Waals surface area contributed by atoms with Crippen molar-refractivity contribution in [1.82, 2.24) is 5.32 Å². The van der Waals surface area contributed by atoms with Crippen LogP contribution in [0.4, 0.5) is 0 Å². The molecule has 0 aromatic rings. The van der Waals surface area contributed by atoms with Gasteiger partial charge in [-0.3, -0.25) is 0 Å². The van der Waals surface area contributed by atoms with Gasteiger partial charge in [-0.15, -0.1) is 0 Å². The van der Waals surface area contributed by atoms with Gasteiger partial charge in [-0.25, -0.2) is 0 Å². The Morgan fingerprint density at radius 3 is 2.35 bits per heavy atom. The van der Waals surface area contributed by atoms with Crippen molar-refractivity contribution in [3.63, 3.8) is 0 Å². The molecule has 104 valence electrons. The van der Waals surface area contributed by atoms with Crippen LogP contribution in [0.3, 0.4) is 0 Å². The molecular weight excluding hydrogens is 220 g/mol. The number of nitrogens with two attached hydrogens (primary N) is 1. The summed E-state index contributed by atoms with van der Waals surface area (Å²) < 4.78 is 5.30. The lowest BCUT2D eigenvalue weighted by Gasteiger charge is -2.22. The number of ether oxygens (including phenoxy) is 1. The van der Waals surface area contributed by atoms with E-state index in [0.29, 0.717) is 6.54 Å². The number of nitrogens with one attached hydrogen (secondary N) is 1. The fourth-order valence-electron chi connectivity index (χ4n) is 1.49. The van der Waals surface area contributed by atoms with Gasteiger partial charge in [-0.1, -0.05) is 13.8 Å². The maximum absolute atomic E-state index is 9.31. The second-order valence-electron chi connectivity index (χ2n) is 4.34. The van der Waals surface area contributed by atoms with E-state index in [0.717, 1.165) is 39.0 Å². The molecule has 0 aromatic carbocycles. The average Bonchev–Trinajstić information content (AvgIpc) is 2.40. The molecule has 0 aliphatic carbocycles. The summed E-state index contributed by atoms with van der Waals surface area (Å²) in [5, 5.41) is 21.0. The normalized spacial score (nSPS) is 20.6. The van der Waals surface area contributed by atoms with Crippen LogP contribution in [-0.2, 0) is 4.74 Å². The van der Waals surface area contributed by atoms with E-state index in [-0.39, 0.29) is 12.7 Å². The zero-order chi connectivity index (χ0) is 13.1. The van der Waals surface area contributed by atoms with Crippen molar-refractivity contribution >= 4 is 0 Å². The molecule has 0 spiro atoms. The van der Waals surface area contributed by atoms with Gasteiger partial charge < -0.3 is 26.0 Å². The fraction of sp³-hybridized carbons (Fsp3) is 1.00. The molecule has 0 saturated carbocycles. The molecule has 0 aromatic heterocycles. The third kappa shape index (κ3) is 7.68. The second-order valence-corrected chi connectivity index (χ2v) is 4.34. The molecule has 1 rings (SSSR count). The Hall–Kier alpha value is -0.200. The first kappa shape index (κ1) is 16.8. The number of hydrogen-bond donors (Lipinski definition) is 4. The van der Waals surface area contributed by atoms with Crippen LogP contribution in [-0.4, -0.2) is 54.8 Å². The van der Waals surface area contributed by atoms with Crippen LogP contribution in [0.15, 0.2) is 0 Å². The Balaban J connectivity index is 0.000000304. The van der Waals surface area contributed by atoms with Gasteiger partial charge in [0.2, 0.25) is 0 Å². The summed E-state index contributed by atoms with van der Waals surface area (Å²) in [6, 6.07) is 0. The Morgan fingerprint density at radius 1 is 1.41 bits per heavy atom. The predicted molar refractivity (Wildman–Crippen MR) is 68.9 cm³/mol. The van der Waals surface area contributed by atoms with Gasteiger partial charge in [-0.2, -0.15) is 0 Å². The molecule has 5 heteroatoms. The molecule has 0 radical (unpaired) electrons. The monoisotopic (exact) mass is 248 g/mol. The molecule has 0 amide bonds. The molecule has 1 heterocycles. The van der Waals surface area contributed by atoms with E-state index in [9.17, 15) is 5.11 Å². The first-order valence-corrected chi connectivity index (χ1v) is 6.47. The third-order valence-corrected chi connectivity index (χ3v) is 3.15.